The standard InChI is InChI=1S/C30H36F2N4O4S.ClH/c1-3-4-18-36(30(37)33-29-27(31)6-5-7-28(29)32)24-16-19-35(20-17-24)21-22-8-12-25(13-9-22)40-26-14-10-23(11-15-26)34-41(2,38)39;/h5-15,24,34H,3-4,16-21H2,1-2H3,(H,33,37);1H. The molecule has 8 nitrogen and oxygen atoms in total. The van der Waals surface area contributed by atoms with E-state index >= 15 is 0 Å². The van der Waals surface area contributed by atoms with Crippen LogP contribution in [0.4, 0.5) is 25.0 Å². The Hall–Kier alpha value is -3.41. The molecule has 1 aliphatic heterocycles. The smallest absolute Gasteiger partial charge is 0.322 e. The van der Waals surface area contributed by atoms with Gasteiger partial charge < -0.3 is 15.0 Å². The molecular formula is C30H37ClF2N4O4S. The first-order valence-corrected chi connectivity index (χ1v) is 15.6. The van der Waals surface area contributed by atoms with E-state index < -0.39 is 33.4 Å². The van der Waals surface area contributed by atoms with E-state index in [0.29, 0.717) is 23.7 Å². The van der Waals surface area contributed by atoms with Crippen molar-refractivity contribution < 1.29 is 26.7 Å². The van der Waals surface area contributed by atoms with Crippen molar-refractivity contribution in [1.82, 2.24) is 9.80 Å². The molecule has 4 rings (SSSR count). The van der Waals surface area contributed by atoms with Crippen molar-refractivity contribution in [1.29, 1.82) is 0 Å². The molecule has 3 aromatic carbocycles. The van der Waals surface area contributed by atoms with Gasteiger partial charge in [-0.1, -0.05) is 31.5 Å². The predicted molar refractivity (Wildman–Crippen MR) is 164 cm³/mol. The Morgan fingerprint density at radius 2 is 1.55 bits per heavy atom. The van der Waals surface area contributed by atoms with E-state index in [1.165, 1.54) is 6.07 Å². The van der Waals surface area contributed by atoms with Gasteiger partial charge in [-0.25, -0.2) is 22.0 Å². The van der Waals surface area contributed by atoms with Gasteiger partial charge in [-0.3, -0.25) is 9.62 Å². The number of likely N-dealkylation sites (tertiary alicyclic amines) is 1. The van der Waals surface area contributed by atoms with Crippen LogP contribution < -0.4 is 14.8 Å². The van der Waals surface area contributed by atoms with Crippen molar-refractivity contribution in [2.24, 2.45) is 0 Å². The molecule has 0 bridgehead atoms. The molecule has 0 unspecified atom stereocenters. The van der Waals surface area contributed by atoms with Crippen molar-refractivity contribution in [3.63, 3.8) is 0 Å². The van der Waals surface area contributed by atoms with Crippen LogP contribution in [0.3, 0.4) is 0 Å². The summed E-state index contributed by atoms with van der Waals surface area (Å²) in [6.07, 6.45) is 4.34. The number of rotatable bonds is 11. The Morgan fingerprint density at radius 1 is 0.976 bits per heavy atom. The number of ether oxygens (including phenoxy) is 1. The molecule has 0 aromatic heterocycles. The number of urea groups is 1. The zero-order valence-corrected chi connectivity index (χ0v) is 25.3. The van der Waals surface area contributed by atoms with Gasteiger partial charge >= 0.3 is 6.03 Å². The highest BCUT2D eigenvalue weighted by atomic mass is 35.5. The lowest BCUT2D eigenvalue weighted by Gasteiger charge is -2.38. The summed E-state index contributed by atoms with van der Waals surface area (Å²) in [5, 5.41) is 2.45. The Bertz CT molecular complexity index is 1400. The Labute approximate surface area is 252 Å². The number of para-hydroxylation sites is 1. The van der Waals surface area contributed by atoms with E-state index in [1.54, 1.807) is 29.2 Å². The molecule has 0 saturated carbocycles. The maximum atomic E-state index is 14.1. The van der Waals surface area contributed by atoms with E-state index in [1.807, 2.05) is 31.2 Å². The van der Waals surface area contributed by atoms with E-state index in [-0.39, 0.29) is 18.4 Å². The van der Waals surface area contributed by atoms with Crippen molar-refractivity contribution in [2.45, 2.75) is 45.2 Å². The number of anilines is 2. The number of unbranched alkanes of at least 4 members (excludes halogenated alkanes) is 1. The molecule has 0 aliphatic carbocycles. The summed E-state index contributed by atoms with van der Waals surface area (Å²) in [4.78, 5) is 17.1. The summed E-state index contributed by atoms with van der Waals surface area (Å²) < 4.78 is 59.2. The molecule has 0 radical (unpaired) electrons. The molecule has 2 N–H and O–H groups in total. The second-order valence-electron chi connectivity index (χ2n) is 10.2. The molecule has 3 aromatic rings. The zero-order chi connectivity index (χ0) is 29.4. The van der Waals surface area contributed by atoms with Gasteiger partial charge in [0.05, 0.1) is 6.26 Å². The molecular weight excluding hydrogens is 586 g/mol. The Morgan fingerprint density at radius 3 is 2.10 bits per heavy atom. The number of halogens is 3. The molecule has 42 heavy (non-hydrogen) atoms. The number of sulfonamides is 1. The number of nitrogens with one attached hydrogen (secondary N) is 2. The third-order valence-electron chi connectivity index (χ3n) is 6.93. The molecule has 2 amide bonds. The number of carbonyl (C=O) groups excluding carboxylic acids is 1. The number of hydrogen-bond donors (Lipinski definition) is 2. The molecule has 0 atom stereocenters. The highest BCUT2D eigenvalue weighted by Crippen LogP contribution is 2.26. The summed E-state index contributed by atoms with van der Waals surface area (Å²) in [7, 11) is -3.34. The van der Waals surface area contributed by atoms with Crippen LogP contribution in [0, 0.1) is 11.6 Å². The van der Waals surface area contributed by atoms with Crippen LogP contribution in [0.5, 0.6) is 11.5 Å². The van der Waals surface area contributed by atoms with E-state index in [2.05, 4.69) is 14.9 Å². The summed E-state index contributed by atoms with van der Waals surface area (Å²) in [5.41, 5.74) is 1.18. The second kappa shape index (κ2) is 15.2. The first-order chi connectivity index (χ1) is 19.6. The largest absolute Gasteiger partial charge is 0.457 e. The number of nitrogens with zero attached hydrogens (tertiary/aromatic N) is 2. The molecule has 1 aliphatic rings. The van der Waals surface area contributed by atoms with Gasteiger partial charge in [0.2, 0.25) is 10.0 Å². The maximum Gasteiger partial charge on any atom is 0.322 e. The van der Waals surface area contributed by atoms with Crippen LogP contribution in [-0.2, 0) is 16.6 Å². The maximum absolute atomic E-state index is 14.1. The van der Waals surface area contributed by atoms with Crippen LogP contribution in [0.15, 0.2) is 66.7 Å². The minimum atomic E-state index is -3.34. The molecule has 1 fully saturated rings. The zero-order valence-electron chi connectivity index (χ0n) is 23.7. The van der Waals surface area contributed by atoms with Crippen LogP contribution in [0.25, 0.3) is 0 Å². The average Bonchev–Trinajstić information content (AvgIpc) is 2.93. The van der Waals surface area contributed by atoms with Crippen LogP contribution in [0.2, 0.25) is 0 Å². The summed E-state index contributed by atoms with van der Waals surface area (Å²) >= 11 is 0. The minimum absolute atomic E-state index is 0. The molecule has 228 valence electrons. The predicted octanol–water partition coefficient (Wildman–Crippen LogP) is 6.85. The molecule has 1 heterocycles. The van der Waals surface area contributed by atoms with Crippen molar-refractivity contribution in [3.8, 4) is 11.5 Å². The average molecular weight is 623 g/mol. The topological polar surface area (TPSA) is 91.0 Å². The summed E-state index contributed by atoms with van der Waals surface area (Å²) in [5.74, 6) is -0.326. The highest BCUT2D eigenvalue weighted by Gasteiger charge is 2.28. The quantitative estimate of drug-likeness (QED) is 0.244. The second-order valence-corrected chi connectivity index (χ2v) is 12.0. The van der Waals surface area contributed by atoms with Gasteiger partial charge in [-0.15, -0.1) is 12.4 Å². The van der Waals surface area contributed by atoms with Gasteiger partial charge in [0.1, 0.15) is 28.8 Å². The number of hydrogen-bond acceptors (Lipinski definition) is 5. The highest BCUT2D eigenvalue weighted by molar-refractivity contribution is 7.92. The van der Waals surface area contributed by atoms with E-state index in [9.17, 15) is 22.0 Å². The van der Waals surface area contributed by atoms with Crippen LogP contribution in [-0.4, -0.2) is 56.2 Å². The third-order valence-corrected chi connectivity index (χ3v) is 7.54. The fraction of sp³-hybridized carbons (Fsp3) is 0.367. The fourth-order valence-electron chi connectivity index (χ4n) is 4.83. The van der Waals surface area contributed by atoms with Crippen LogP contribution in [0.1, 0.15) is 38.2 Å². The van der Waals surface area contributed by atoms with Crippen molar-refractivity contribution >= 4 is 39.8 Å². The molecule has 1 saturated heterocycles. The van der Waals surface area contributed by atoms with Crippen molar-refractivity contribution in [2.75, 3.05) is 35.9 Å². The molecule has 0 spiro atoms. The SMILES string of the molecule is CCCCN(C(=O)Nc1c(F)cccc1F)C1CCN(Cc2ccc(Oc3ccc(NS(C)(=O)=O)cc3)cc2)CC1.Cl. The fourth-order valence-corrected chi connectivity index (χ4v) is 5.39. The Kier molecular flexibility index (Phi) is 12.0. The first-order valence-electron chi connectivity index (χ1n) is 13.7. The van der Waals surface area contributed by atoms with Gasteiger partial charge in [0.15, 0.2) is 0 Å². The lowest BCUT2D eigenvalue weighted by molar-refractivity contribution is 0.122. The third kappa shape index (κ3) is 9.57. The molecule has 12 heteroatoms. The first kappa shape index (κ1) is 33.1. The monoisotopic (exact) mass is 622 g/mol. The number of piperidine rings is 1. The summed E-state index contributed by atoms with van der Waals surface area (Å²) in [6.45, 7) is 4.91. The number of benzene rings is 3. The number of carbonyl (C=O) groups is 1. The van der Waals surface area contributed by atoms with E-state index in [0.717, 1.165) is 69.3 Å². The van der Waals surface area contributed by atoms with Crippen LogP contribution >= 0.6 is 12.4 Å². The van der Waals surface area contributed by atoms with E-state index in [4.69, 9.17) is 4.74 Å². The van der Waals surface area contributed by atoms with Gasteiger partial charge in [-0.2, -0.15) is 0 Å². The van der Waals surface area contributed by atoms with Crippen molar-refractivity contribution in [3.05, 3.63) is 83.9 Å². The summed E-state index contributed by atoms with van der Waals surface area (Å²) in [6, 6.07) is 17.5. The van der Waals surface area contributed by atoms with Gasteiger partial charge in [-0.05, 0) is 73.4 Å². The van der Waals surface area contributed by atoms with Gasteiger partial charge in [0, 0.05) is 37.9 Å². The van der Waals surface area contributed by atoms with Gasteiger partial charge in [0.25, 0.3) is 0 Å². The number of amides is 2. The lowest BCUT2D eigenvalue weighted by Crippen LogP contribution is -2.49. The lowest BCUT2D eigenvalue weighted by atomic mass is 10.0. The minimum Gasteiger partial charge on any atom is -0.457 e. The Balaban J connectivity index is 0.00000484. The normalized spacial score (nSPS) is 14.1.